The Morgan fingerprint density at radius 2 is 1.03 bits per heavy atom. The molecule has 12 nitrogen and oxygen atoms in total. The zero-order valence-corrected chi connectivity index (χ0v) is 38.1. The second-order valence-corrected chi connectivity index (χ2v) is 14.7. The van der Waals surface area contributed by atoms with Crippen molar-refractivity contribution < 1.29 is 57.1 Å². The number of esters is 4. The van der Waals surface area contributed by atoms with Crippen molar-refractivity contribution in [2.75, 3.05) is 40.6 Å². The Kier molecular flexibility index (Phi) is 18.4. The van der Waals surface area contributed by atoms with Gasteiger partial charge in [-0.2, -0.15) is 0 Å². The largest absolute Gasteiger partial charge is 0.493 e. The lowest BCUT2D eigenvalue weighted by molar-refractivity contribution is -0.139. The third-order valence-electron chi connectivity index (χ3n) is 9.94. The summed E-state index contributed by atoms with van der Waals surface area (Å²) in [5.41, 5.74) is 6.37. The van der Waals surface area contributed by atoms with Crippen molar-refractivity contribution in [1.82, 2.24) is 0 Å². The Labute approximate surface area is 401 Å². The third kappa shape index (κ3) is 15.3. The average molecular weight is 925 g/mol. The number of ether oxygens (including phenoxy) is 8. The van der Waals surface area contributed by atoms with Crippen molar-refractivity contribution in [3.8, 4) is 63.6 Å². The summed E-state index contributed by atoms with van der Waals surface area (Å²) in [7, 11) is 2.79. The number of methoxy groups -OCH3 is 2. The molecule has 0 N–H and O–H groups in total. The lowest BCUT2D eigenvalue weighted by atomic mass is 10.0. The van der Waals surface area contributed by atoms with Gasteiger partial charge in [0.15, 0.2) is 11.5 Å². The van der Waals surface area contributed by atoms with Crippen LogP contribution in [0.2, 0.25) is 0 Å². The van der Waals surface area contributed by atoms with Crippen molar-refractivity contribution in [3.05, 3.63) is 198 Å². The molecule has 0 fully saturated rings. The van der Waals surface area contributed by atoms with Crippen molar-refractivity contribution >= 4 is 23.9 Å². The molecule has 0 radical (unpaired) electrons. The third-order valence-corrected chi connectivity index (χ3v) is 9.94. The van der Waals surface area contributed by atoms with Crippen LogP contribution in [-0.2, 0) is 30.4 Å². The summed E-state index contributed by atoms with van der Waals surface area (Å²) in [6.45, 7) is 7.94. The van der Waals surface area contributed by atoms with Crippen LogP contribution in [0.1, 0.15) is 61.4 Å². The molecular weight excluding hydrogens is 877 g/mol. The fourth-order valence-electron chi connectivity index (χ4n) is 6.29. The summed E-state index contributed by atoms with van der Waals surface area (Å²) in [6.07, 6.45) is 3.48. The van der Waals surface area contributed by atoms with Crippen LogP contribution < -0.4 is 23.7 Å². The lowest BCUT2D eigenvalue weighted by Gasteiger charge is -2.12. The van der Waals surface area contributed by atoms with Gasteiger partial charge in [0.2, 0.25) is 0 Å². The van der Waals surface area contributed by atoms with Crippen molar-refractivity contribution in [1.29, 1.82) is 0 Å². The molecule has 0 saturated carbocycles. The van der Waals surface area contributed by atoms with E-state index in [-0.39, 0.29) is 37.6 Å². The first-order valence-corrected chi connectivity index (χ1v) is 21.7. The zero-order valence-electron chi connectivity index (χ0n) is 38.1. The zero-order chi connectivity index (χ0) is 48.8. The van der Waals surface area contributed by atoms with E-state index in [0.29, 0.717) is 59.3 Å². The molecule has 6 aromatic carbocycles. The molecule has 0 aliphatic heterocycles. The molecule has 6 aromatic rings. The number of hydrogen-bond donors (Lipinski definition) is 0. The summed E-state index contributed by atoms with van der Waals surface area (Å²) in [5, 5.41) is 0. The lowest BCUT2D eigenvalue weighted by Crippen LogP contribution is -2.10. The minimum absolute atomic E-state index is 0.137. The molecule has 0 saturated heterocycles. The van der Waals surface area contributed by atoms with Gasteiger partial charge in [0.05, 0.1) is 33.0 Å². The molecule has 0 atom stereocenters. The molecule has 12 heteroatoms. The summed E-state index contributed by atoms with van der Waals surface area (Å²) >= 11 is 0. The van der Waals surface area contributed by atoms with Gasteiger partial charge in [-0.15, -0.1) is 0 Å². The van der Waals surface area contributed by atoms with Gasteiger partial charge in [-0.3, -0.25) is 0 Å². The highest BCUT2D eigenvalue weighted by Crippen LogP contribution is 2.29. The molecule has 0 aromatic heterocycles. The van der Waals surface area contributed by atoms with Gasteiger partial charge in [-0.05, 0) is 127 Å². The van der Waals surface area contributed by atoms with E-state index in [1.54, 1.807) is 60.7 Å². The van der Waals surface area contributed by atoms with Crippen LogP contribution in [-0.4, -0.2) is 64.5 Å². The fraction of sp³-hybridized carbons (Fsp3) is 0.158. The number of hydrogen-bond acceptors (Lipinski definition) is 12. The highest BCUT2D eigenvalue weighted by Gasteiger charge is 2.16. The van der Waals surface area contributed by atoms with E-state index in [2.05, 4.69) is 36.8 Å². The minimum Gasteiger partial charge on any atom is -0.493 e. The first-order chi connectivity index (χ1) is 33.6. The van der Waals surface area contributed by atoms with E-state index < -0.39 is 23.9 Å². The maximum absolute atomic E-state index is 13.0. The Morgan fingerprint density at radius 3 is 1.64 bits per heavy atom. The van der Waals surface area contributed by atoms with Gasteiger partial charge < -0.3 is 37.9 Å². The Hall–Kier alpha value is -9.00. The standard InChI is InChI=1S/C57H48O12/c1-5-54(58)66-34-8-7-33-65-52-32-26-47(38-53(52)62-3)56(60)69-49-29-19-42(20-30-49)11-12-43-21-31-51(50(37-43)57(61)63-4)68-39-44-15-24-46(25-16-44)45-22-13-40(14-23-45)9-10-41-17-27-48(28-18-41)64-35-36-67-55(59)6-2/h5-6,13-32,37-38H,1-2,7-8,33-36,39H2,3-4H3. The van der Waals surface area contributed by atoms with Crippen molar-refractivity contribution in [2.24, 2.45) is 0 Å². The molecule has 348 valence electrons. The molecule has 0 aliphatic carbocycles. The smallest absolute Gasteiger partial charge is 0.343 e. The second-order valence-electron chi connectivity index (χ2n) is 14.7. The number of benzene rings is 6. The molecular formula is C57H48O12. The van der Waals surface area contributed by atoms with Crippen LogP contribution in [0.5, 0.6) is 28.7 Å². The summed E-state index contributed by atoms with van der Waals surface area (Å²) < 4.78 is 43.4. The van der Waals surface area contributed by atoms with E-state index in [9.17, 15) is 19.2 Å². The predicted molar refractivity (Wildman–Crippen MR) is 259 cm³/mol. The average Bonchev–Trinajstić information content (AvgIpc) is 3.39. The summed E-state index contributed by atoms with van der Waals surface area (Å²) in [5.74, 6) is 12.6. The highest BCUT2D eigenvalue weighted by molar-refractivity contribution is 5.93. The summed E-state index contributed by atoms with van der Waals surface area (Å²) in [4.78, 5) is 48.1. The number of carbonyl (C=O) groups is 4. The molecule has 69 heavy (non-hydrogen) atoms. The molecule has 0 heterocycles. The van der Waals surface area contributed by atoms with Gasteiger partial charge >= 0.3 is 23.9 Å². The quantitative estimate of drug-likeness (QED) is 0.0180. The Bertz CT molecular complexity index is 2880. The number of unbranched alkanes of at least 4 members (excludes halogenated alkanes) is 1. The second kappa shape index (κ2) is 25.6. The maximum atomic E-state index is 13.0. The van der Waals surface area contributed by atoms with Gasteiger partial charge in [0, 0.05) is 34.4 Å². The molecule has 0 aliphatic rings. The highest BCUT2D eigenvalue weighted by atomic mass is 16.6. The topological polar surface area (TPSA) is 142 Å². The normalized spacial score (nSPS) is 10.1. The monoisotopic (exact) mass is 924 g/mol. The Morgan fingerprint density at radius 1 is 0.493 bits per heavy atom. The Balaban J connectivity index is 0.986. The van der Waals surface area contributed by atoms with Gasteiger partial charge in [0.25, 0.3) is 0 Å². The molecule has 0 spiro atoms. The van der Waals surface area contributed by atoms with Gasteiger partial charge in [-0.1, -0.05) is 73.2 Å². The predicted octanol–water partition coefficient (Wildman–Crippen LogP) is 9.74. The van der Waals surface area contributed by atoms with Crippen molar-refractivity contribution in [2.45, 2.75) is 19.4 Å². The summed E-state index contributed by atoms with van der Waals surface area (Å²) in [6, 6.07) is 39.8. The van der Waals surface area contributed by atoms with Crippen LogP contribution in [0.15, 0.2) is 159 Å². The fourth-order valence-corrected chi connectivity index (χ4v) is 6.29. The van der Waals surface area contributed by atoms with E-state index >= 15 is 0 Å². The molecule has 0 amide bonds. The van der Waals surface area contributed by atoms with Crippen LogP contribution in [0.3, 0.4) is 0 Å². The van der Waals surface area contributed by atoms with Gasteiger partial charge in [0.1, 0.15) is 42.6 Å². The maximum Gasteiger partial charge on any atom is 0.343 e. The van der Waals surface area contributed by atoms with Gasteiger partial charge in [-0.25, -0.2) is 19.2 Å². The first-order valence-electron chi connectivity index (χ1n) is 21.7. The van der Waals surface area contributed by atoms with E-state index in [0.717, 1.165) is 40.0 Å². The first kappa shape index (κ1) is 49.4. The van der Waals surface area contributed by atoms with Crippen molar-refractivity contribution in [3.63, 3.8) is 0 Å². The van der Waals surface area contributed by atoms with Crippen LogP contribution in [0.25, 0.3) is 11.1 Å². The minimum atomic E-state index is -0.584. The van der Waals surface area contributed by atoms with Crippen LogP contribution >= 0.6 is 0 Å². The van der Waals surface area contributed by atoms with Crippen LogP contribution in [0.4, 0.5) is 0 Å². The van der Waals surface area contributed by atoms with Crippen LogP contribution in [0, 0.1) is 23.7 Å². The van der Waals surface area contributed by atoms with E-state index in [1.807, 2.05) is 72.8 Å². The molecule has 0 unspecified atom stereocenters. The number of rotatable bonds is 20. The molecule has 6 rings (SSSR count). The van der Waals surface area contributed by atoms with E-state index in [4.69, 9.17) is 37.9 Å². The SMILES string of the molecule is C=CC(=O)OCCCCOc1ccc(C(=O)Oc2ccc(C#Cc3ccc(OCc4ccc(-c5ccc(C#Cc6ccc(OCCOC(=O)C=C)cc6)cc5)cc4)c(C(=O)OC)c3)cc2)cc1OC. The number of carbonyl (C=O) groups excluding carboxylic acids is 4. The molecule has 0 bridgehead atoms. The van der Waals surface area contributed by atoms with E-state index in [1.165, 1.54) is 14.2 Å².